The van der Waals surface area contributed by atoms with E-state index in [1.807, 2.05) is 12.1 Å². The first kappa shape index (κ1) is 31.2. The minimum Gasteiger partial charge on any atom is -0.456 e. The average Bonchev–Trinajstić information content (AvgIpc) is 3.80. The third kappa shape index (κ3) is 5.20. The summed E-state index contributed by atoms with van der Waals surface area (Å²) in [4.78, 5) is 2.32. The number of anilines is 3. The molecule has 11 rings (SSSR count). The molecule has 258 valence electrons. The third-order valence-corrected chi connectivity index (χ3v) is 11.0. The van der Waals surface area contributed by atoms with E-state index < -0.39 is 0 Å². The summed E-state index contributed by atoms with van der Waals surface area (Å²) in [5, 5.41) is 7.24. The van der Waals surface area contributed by atoms with E-state index in [0.717, 1.165) is 50.3 Å². The monoisotopic (exact) mass is 702 g/mol. The molecule has 0 saturated carbocycles. The molecule has 0 aliphatic carbocycles. The van der Waals surface area contributed by atoms with Crippen molar-refractivity contribution in [3.05, 3.63) is 206 Å². The van der Waals surface area contributed by atoms with E-state index in [9.17, 15) is 0 Å². The second-order valence-electron chi connectivity index (χ2n) is 14.2. The van der Waals surface area contributed by atoms with Gasteiger partial charge in [0.2, 0.25) is 0 Å². The molecule has 0 unspecified atom stereocenters. The maximum atomic E-state index is 6.38. The zero-order valence-electron chi connectivity index (χ0n) is 29.9. The minimum absolute atomic E-state index is 0.870. The van der Waals surface area contributed by atoms with Gasteiger partial charge < -0.3 is 13.9 Å². The largest absolute Gasteiger partial charge is 0.456 e. The van der Waals surface area contributed by atoms with Gasteiger partial charge in [0.25, 0.3) is 0 Å². The number of aromatic nitrogens is 1. The summed E-state index contributed by atoms with van der Waals surface area (Å²) in [6.07, 6.45) is 0. The van der Waals surface area contributed by atoms with E-state index in [4.69, 9.17) is 4.42 Å². The van der Waals surface area contributed by atoms with Gasteiger partial charge >= 0.3 is 0 Å². The summed E-state index contributed by atoms with van der Waals surface area (Å²) < 4.78 is 8.81. The Morgan fingerprint density at radius 3 is 1.80 bits per heavy atom. The fourth-order valence-electron chi connectivity index (χ4n) is 8.36. The molecule has 0 fully saturated rings. The fourth-order valence-corrected chi connectivity index (χ4v) is 8.36. The van der Waals surface area contributed by atoms with Crippen molar-refractivity contribution in [3.8, 4) is 27.9 Å². The molecule has 0 amide bonds. The van der Waals surface area contributed by atoms with E-state index in [1.165, 1.54) is 49.3 Å². The highest BCUT2D eigenvalue weighted by Gasteiger charge is 2.18. The average molecular weight is 703 g/mol. The van der Waals surface area contributed by atoms with Crippen LogP contribution in [0.25, 0.3) is 82.5 Å². The number of hydrogen-bond donors (Lipinski definition) is 0. The molecule has 11 aromatic rings. The molecule has 0 radical (unpaired) electrons. The zero-order valence-corrected chi connectivity index (χ0v) is 29.9. The normalized spacial score (nSPS) is 11.6. The Hall–Kier alpha value is -7.36. The number of fused-ring (bicyclic) bond motifs is 8. The Labute approximate surface area is 318 Å². The zero-order chi connectivity index (χ0) is 36.3. The van der Waals surface area contributed by atoms with E-state index in [2.05, 4.69) is 204 Å². The van der Waals surface area contributed by atoms with Crippen LogP contribution >= 0.6 is 0 Å². The van der Waals surface area contributed by atoms with Gasteiger partial charge in [0.1, 0.15) is 11.2 Å². The molecule has 3 heteroatoms. The van der Waals surface area contributed by atoms with Gasteiger partial charge in [-0.05, 0) is 88.3 Å². The highest BCUT2D eigenvalue weighted by Crippen LogP contribution is 2.42. The minimum atomic E-state index is 0.870. The Morgan fingerprint density at radius 1 is 0.345 bits per heavy atom. The number of furan rings is 1. The van der Waals surface area contributed by atoms with E-state index in [0.29, 0.717) is 0 Å². The predicted molar refractivity (Wildman–Crippen MR) is 231 cm³/mol. The molecule has 55 heavy (non-hydrogen) atoms. The maximum absolute atomic E-state index is 6.38. The molecule has 3 nitrogen and oxygen atoms in total. The maximum Gasteiger partial charge on any atom is 0.137 e. The highest BCUT2D eigenvalue weighted by molar-refractivity contribution is 6.19. The standard InChI is InChI=1S/C52H34N2O/c1-3-12-35(13-4-1)38-15-11-18-42(32-38)53(43-28-31-47-46-20-9-10-21-50(46)55-51(47)34-43)41-26-22-36(23-27-41)39-25-29-45-48-30-24-37-14-7-8-19-44(37)52(48)54(49(45)33-39)40-16-5-2-6-17-40/h1-34H. The lowest BCUT2D eigenvalue weighted by Gasteiger charge is -2.26. The van der Waals surface area contributed by atoms with Crippen LogP contribution in [0.3, 0.4) is 0 Å². The van der Waals surface area contributed by atoms with Crippen LogP contribution < -0.4 is 4.90 Å². The number of nitrogens with zero attached hydrogens (tertiary/aromatic N) is 2. The molecule has 0 aliphatic rings. The molecule has 2 heterocycles. The number of para-hydroxylation sites is 2. The number of benzene rings is 9. The van der Waals surface area contributed by atoms with Crippen LogP contribution in [-0.2, 0) is 0 Å². The lowest BCUT2D eigenvalue weighted by atomic mass is 10.0. The molecule has 0 N–H and O–H groups in total. The first-order valence-electron chi connectivity index (χ1n) is 18.8. The summed E-state index contributed by atoms with van der Waals surface area (Å²) in [5.41, 5.74) is 13.2. The molecule has 9 aromatic carbocycles. The van der Waals surface area contributed by atoms with Crippen molar-refractivity contribution < 1.29 is 4.42 Å². The lowest BCUT2D eigenvalue weighted by molar-refractivity contribution is 0.669. The van der Waals surface area contributed by atoms with Crippen LogP contribution in [-0.4, -0.2) is 4.57 Å². The summed E-state index contributed by atoms with van der Waals surface area (Å²) in [7, 11) is 0. The van der Waals surface area contributed by atoms with Crippen molar-refractivity contribution >= 4 is 71.6 Å². The van der Waals surface area contributed by atoms with Crippen LogP contribution in [0.15, 0.2) is 211 Å². The van der Waals surface area contributed by atoms with Gasteiger partial charge in [-0.2, -0.15) is 0 Å². The molecule has 0 aliphatic heterocycles. The van der Waals surface area contributed by atoms with Crippen LogP contribution in [0.4, 0.5) is 17.1 Å². The van der Waals surface area contributed by atoms with Gasteiger partial charge in [-0.3, -0.25) is 0 Å². The Bertz CT molecular complexity index is 3190. The topological polar surface area (TPSA) is 21.3 Å². The molecule has 0 atom stereocenters. The molecule has 2 aromatic heterocycles. The summed E-state index contributed by atoms with van der Waals surface area (Å²) in [6.45, 7) is 0. The third-order valence-electron chi connectivity index (χ3n) is 11.0. The molecule has 0 saturated heterocycles. The van der Waals surface area contributed by atoms with Crippen molar-refractivity contribution in [2.24, 2.45) is 0 Å². The number of hydrogen-bond acceptors (Lipinski definition) is 2. The second kappa shape index (κ2) is 12.6. The van der Waals surface area contributed by atoms with Gasteiger partial charge in [-0.15, -0.1) is 0 Å². The Morgan fingerprint density at radius 2 is 0.945 bits per heavy atom. The van der Waals surface area contributed by atoms with E-state index in [-0.39, 0.29) is 0 Å². The highest BCUT2D eigenvalue weighted by atomic mass is 16.3. The quantitative estimate of drug-likeness (QED) is 0.172. The van der Waals surface area contributed by atoms with Gasteiger partial charge in [0.15, 0.2) is 0 Å². The summed E-state index contributed by atoms with van der Waals surface area (Å²) in [5.74, 6) is 0. The molecule has 0 bridgehead atoms. The predicted octanol–water partition coefficient (Wildman–Crippen LogP) is 14.6. The lowest BCUT2D eigenvalue weighted by Crippen LogP contribution is -2.10. The van der Waals surface area contributed by atoms with Crippen LogP contribution in [0.2, 0.25) is 0 Å². The van der Waals surface area contributed by atoms with Crippen molar-refractivity contribution in [1.82, 2.24) is 4.57 Å². The van der Waals surface area contributed by atoms with Crippen molar-refractivity contribution in [3.63, 3.8) is 0 Å². The first-order valence-corrected chi connectivity index (χ1v) is 18.8. The SMILES string of the molecule is c1ccc(-c2cccc(N(c3ccc(-c4ccc5c6ccc7ccccc7c6n(-c6ccccc6)c5c4)cc3)c3ccc4c(c3)oc3ccccc34)c2)cc1. The summed E-state index contributed by atoms with van der Waals surface area (Å²) >= 11 is 0. The van der Waals surface area contributed by atoms with Crippen molar-refractivity contribution in [2.45, 2.75) is 0 Å². The van der Waals surface area contributed by atoms with E-state index in [1.54, 1.807) is 0 Å². The Balaban J connectivity index is 1.05. The summed E-state index contributed by atoms with van der Waals surface area (Å²) in [6, 6.07) is 73.9. The van der Waals surface area contributed by atoms with Gasteiger partial charge in [-0.1, -0.05) is 140 Å². The molecule has 0 spiro atoms. The van der Waals surface area contributed by atoms with Crippen molar-refractivity contribution in [1.29, 1.82) is 0 Å². The molecular formula is C52H34N2O. The second-order valence-corrected chi connectivity index (χ2v) is 14.2. The van der Waals surface area contributed by atoms with Gasteiger partial charge in [0, 0.05) is 55.7 Å². The fraction of sp³-hybridized carbons (Fsp3) is 0. The number of rotatable bonds is 6. The smallest absolute Gasteiger partial charge is 0.137 e. The molecular weight excluding hydrogens is 669 g/mol. The first-order chi connectivity index (χ1) is 27.3. The van der Waals surface area contributed by atoms with Crippen LogP contribution in [0, 0.1) is 0 Å². The van der Waals surface area contributed by atoms with Crippen LogP contribution in [0.5, 0.6) is 0 Å². The van der Waals surface area contributed by atoms with Crippen molar-refractivity contribution in [2.75, 3.05) is 4.90 Å². The van der Waals surface area contributed by atoms with E-state index >= 15 is 0 Å². The van der Waals surface area contributed by atoms with Crippen LogP contribution in [0.1, 0.15) is 0 Å². The van der Waals surface area contributed by atoms with Gasteiger partial charge in [0.05, 0.1) is 11.0 Å². The van der Waals surface area contributed by atoms with Gasteiger partial charge in [-0.25, -0.2) is 0 Å². The Kier molecular flexibility index (Phi) is 7.17.